The molecule has 8 nitrogen and oxygen atoms in total. The quantitative estimate of drug-likeness (QED) is 0.444. The Labute approximate surface area is 215 Å². The fourth-order valence-corrected chi connectivity index (χ4v) is 5.11. The van der Waals surface area contributed by atoms with Crippen LogP contribution in [0.1, 0.15) is 37.3 Å². The van der Waals surface area contributed by atoms with Crippen LogP contribution in [0.15, 0.2) is 60.7 Å². The van der Waals surface area contributed by atoms with E-state index in [4.69, 9.17) is 9.47 Å². The van der Waals surface area contributed by atoms with E-state index in [1.165, 1.54) is 6.92 Å². The van der Waals surface area contributed by atoms with E-state index in [1.54, 1.807) is 11.8 Å². The standard InChI is InChI=1S/C27H32N2O6S/c1-20(30)34-19-24(31)23(13-12-21-8-4-2-5-9-21)28-25(32)27(14-16-36-17-15-27)29-26(33)35-18-22-10-6-3-7-11-22/h2-11,23H,12-19H2,1H3,(H,28,32)(H,29,33)/t23-/m0/s1. The van der Waals surface area contributed by atoms with Gasteiger partial charge in [-0.1, -0.05) is 60.7 Å². The van der Waals surface area contributed by atoms with Crippen molar-refractivity contribution in [3.05, 3.63) is 71.8 Å². The first-order valence-electron chi connectivity index (χ1n) is 12.0. The van der Waals surface area contributed by atoms with E-state index in [0.29, 0.717) is 37.2 Å². The van der Waals surface area contributed by atoms with Crippen molar-refractivity contribution in [1.82, 2.24) is 10.6 Å². The van der Waals surface area contributed by atoms with E-state index in [9.17, 15) is 19.2 Å². The molecule has 0 bridgehead atoms. The molecule has 0 aliphatic carbocycles. The number of thioether (sulfide) groups is 1. The summed E-state index contributed by atoms with van der Waals surface area (Å²) in [6.45, 7) is 0.884. The number of alkyl carbamates (subject to hydrolysis) is 1. The normalized spacial score (nSPS) is 15.2. The second kappa shape index (κ2) is 13.7. The van der Waals surface area contributed by atoms with Gasteiger partial charge in [0, 0.05) is 6.92 Å². The molecule has 2 amide bonds. The first-order valence-corrected chi connectivity index (χ1v) is 13.1. The number of hydrogen-bond acceptors (Lipinski definition) is 7. The molecular weight excluding hydrogens is 480 g/mol. The SMILES string of the molecule is CC(=O)OCC(=O)[C@H](CCc1ccccc1)NC(=O)C1(NC(=O)OCc2ccccc2)CCSCC1. The summed E-state index contributed by atoms with van der Waals surface area (Å²) in [4.78, 5) is 50.3. The number of carbonyl (C=O) groups is 4. The number of aryl methyl sites for hydroxylation is 1. The molecule has 1 saturated heterocycles. The zero-order chi connectivity index (χ0) is 25.8. The second-order valence-electron chi connectivity index (χ2n) is 8.68. The Hall–Kier alpha value is -3.33. The molecule has 0 radical (unpaired) electrons. The summed E-state index contributed by atoms with van der Waals surface area (Å²) in [5.74, 6) is -0.0412. The number of ether oxygens (including phenoxy) is 2. The van der Waals surface area contributed by atoms with E-state index in [1.807, 2.05) is 60.7 Å². The maximum absolute atomic E-state index is 13.5. The van der Waals surface area contributed by atoms with E-state index in [0.717, 1.165) is 11.1 Å². The molecule has 0 unspecified atom stereocenters. The summed E-state index contributed by atoms with van der Waals surface area (Å²) in [6, 6.07) is 18.0. The molecule has 1 fully saturated rings. The monoisotopic (exact) mass is 512 g/mol. The van der Waals surface area contributed by atoms with Crippen LogP contribution in [0.5, 0.6) is 0 Å². The maximum Gasteiger partial charge on any atom is 0.408 e. The van der Waals surface area contributed by atoms with Gasteiger partial charge in [-0.3, -0.25) is 14.4 Å². The van der Waals surface area contributed by atoms with Crippen LogP contribution in [0.3, 0.4) is 0 Å². The Morgan fingerprint density at radius 1 is 0.917 bits per heavy atom. The van der Waals surface area contributed by atoms with Gasteiger partial charge < -0.3 is 20.1 Å². The van der Waals surface area contributed by atoms with Gasteiger partial charge in [0.1, 0.15) is 12.1 Å². The van der Waals surface area contributed by atoms with Gasteiger partial charge in [0.15, 0.2) is 12.4 Å². The highest BCUT2D eigenvalue weighted by atomic mass is 32.2. The minimum Gasteiger partial charge on any atom is -0.458 e. The maximum atomic E-state index is 13.5. The van der Waals surface area contributed by atoms with E-state index in [2.05, 4.69) is 10.6 Å². The van der Waals surface area contributed by atoms with Crippen LogP contribution in [0.4, 0.5) is 4.79 Å². The molecule has 1 atom stereocenters. The molecule has 0 aromatic heterocycles. The van der Waals surface area contributed by atoms with Crippen LogP contribution >= 0.6 is 11.8 Å². The predicted octanol–water partition coefficient (Wildman–Crippen LogP) is 3.43. The minimum absolute atomic E-state index is 0.0830. The second-order valence-corrected chi connectivity index (χ2v) is 9.90. The lowest BCUT2D eigenvalue weighted by Gasteiger charge is -2.37. The molecule has 2 aromatic carbocycles. The van der Waals surface area contributed by atoms with Crippen molar-refractivity contribution in [1.29, 1.82) is 0 Å². The van der Waals surface area contributed by atoms with Gasteiger partial charge in [0.2, 0.25) is 5.91 Å². The molecule has 9 heteroatoms. The number of nitrogens with one attached hydrogen (secondary N) is 2. The summed E-state index contributed by atoms with van der Waals surface area (Å²) < 4.78 is 10.3. The molecule has 1 heterocycles. The molecular formula is C27H32N2O6S. The van der Waals surface area contributed by atoms with Crippen LogP contribution in [0.2, 0.25) is 0 Å². The van der Waals surface area contributed by atoms with Crippen molar-refractivity contribution in [3.63, 3.8) is 0 Å². The zero-order valence-corrected chi connectivity index (χ0v) is 21.2. The van der Waals surface area contributed by atoms with E-state index in [-0.39, 0.29) is 6.61 Å². The Bertz CT molecular complexity index is 1030. The number of hydrogen-bond donors (Lipinski definition) is 2. The third-order valence-corrected chi connectivity index (χ3v) is 7.00. The zero-order valence-electron chi connectivity index (χ0n) is 20.4. The topological polar surface area (TPSA) is 111 Å². The Morgan fingerprint density at radius 2 is 1.53 bits per heavy atom. The highest BCUT2D eigenvalue weighted by Crippen LogP contribution is 2.28. The third kappa shape index (κ3) is 8.41. The molecule has 3 rings (SSSR count). The highest BCUT2D eigenvalue weighted by molar-refractivity contribution is 7.99. The molecule has 2 N–H and O–H groups in total. The summed E-state index contributed by atoms with van der Waals surface area (Å²) in [5, 5.41) is 5.63. The van der Waals surface area contributed by atoms with Crippen molar-refractivity contribution in [2.45, 2.75) is 50.8 Å². The summed E-state index contributed by atoms with van der Waals surface area (Å²) in [7, 11) is 0. The van der Waals surface area contributed by atoms with Crippen LogP contribution < -0.4 is 10.6 Å². The van der Waals surface area contributed by atoms with Crippen molar-refractivity contribution < 1.29 is 28.7 Å². The summed E-state index contributed by atoms with van der Waals surface area (Å²) >= 11 is 1.70. The predicted molar refractivity (Wildman–Crippen MR) is 137 cm³/mol. The lowest BCUT2D eigenvalue weighted by Crippen LogP contribution is -2.62. The van der Waals surface area contributed by atoms with Crippen LogP contribution in [0.25, 0.3) is 0 Å². The molecule has 2 aromatic rings. The first kappa shape index (κ1) is 27.3. The number of benzene rings is 2. The minimum atomic E-state index is -1.19. The first-order chi connectivity index (χ1) is 17.4. The lowest BCUT2D eigenvalue weighted by molar-refractivity contribution is -0.146. The van der Waals surface area contributed by atoms with E-state index < -0.39 is 41.9 Å². The van der Waals surface area contributed by atoms with Crippen molar-refractivity contribution in [2.75, 3.05) is 18.1 Å². The summed E-state index contributed by atoms with van der Waals surface area (Å²) in [5.41, 5.74) is 0.664. The highest BCUT2D eigenvalue weighted by Gasteiger charge is 2.43. The molecule has 0 spiro atoms. The van der Waals surface area contributed by atoms with Crippen molar-refractivity contribution >= 4 is 35.5 Å². The Kier molecular flexibility index (Phi) is 10.4. The smallest absolute Gasteiger partial charge is 0.408 e. The van der Waals surface area contributed by atoms with Gasteiger partial charge in [-0.05, 0) is 48.3 Å². The number of rotatable bonds is 11. The third-order valence-electron chi connectivity index (χ3n) is 6.01. The Morgan fingerprint density at radius 3 is 2.14 bits per heavy atom. The summed E-state index contributed by atoms with van der Waals surface area (Å²) in [6.07, 6.45) is 1.01. The number of esters is 1. The molecule has 36 heavy (non-hydrogen) atoms. The number of carbonyl (C=O) groups excluding carboxylic acids is 4. The molecule has 0 saturated carbocycles. The molecule has 1 aliphatic rings. The number of ketones is 1. The van der Waals surface area contributed by atoms with Gasteiger partial charge in [0.25, 0.3) is 0 Å². The van der Waals surface area contributed by atoms with Gasteiger partial charge in [-0.15, -0.1) is 0 Å². The lowest BCUT2D eigenvalue weighted by atomic mass is 9.90. The largest absolute Gasteiger partial charge is 0.458 e. The van der Waals surface area contributed by atoms with Gasteiger partial charge in [-0.2, -0.15) is 11.8 Å². The van der Waals surface area contributed by atoms with E-state index >= 15 is 0 Å². The molecule has 1 aliphatic heterocycles. The fourth-order valence-electron chi connectivity index (χ4n) is 3.92. The van der Waals surface area contributed by atoms with Crippen LogP contribution in [-0.2, 0) is 36.9 Å². The molecule has 192 valence electrons. The average molecular weight is 513 g/mol. The van der Waals surface area contributed by atoms with Gasteiger partial charge >= 0.3 is 12.1 Å². The van der Waals surface area contributed by atoms with Crippen molar-refractivity contribution in [3.8, 4) is 0 Å². The van der Waals surface area contributed by atoms with Crippen LogP contribution in [-0.4, -0.2) is 53.4 Å². The fraction of sp³-hybridized carbons (Fsp3) is 0.407. The number of amides is 2. The van der Waals surface area contributed by atoms with Crippen molar-refractivity contribution in [2.24, 2.45) is 0 Å². The Balaban J connectivity index is 1.69. The number of Topliss-reactive ketones (excluding diaryl/α,β-unsaturated/α-hetero) is 1. The average Bonchev–Trinajstić information content (AvgIpc) is 2.90. The van der Waals surface area contributed by atoms with Crippen LogP contribution in [0, 0.1) is 0 Å². The van der Waals surface area contributed by atoms with Gasteiger partial charge in [0.05, 0.1) is 6.04 Å². The van der Waals surface area contributed by atoms with Gasteiger partial charge in [-0.25, -0.2) is 4.79 Å².